The van der Waals surface area contributed by atoms with Crippen molar-refractivity contribution in [2.45, 2.75) is 116 Å². The van der Waals surface area contributed by atoms with Gasteiger partial charge < -0.3 is 26.2 Å². The first-order valence-electron chi connectivity index (χ1n) is 22.9. The molecule has 0 bridgehead atoms. The van der Waals surface area contributed by atoms with Crippen molar-refractivity contribution >= 4 is 33.6 Å². The number of ether oxygens (including phenoxy) is 1. The fourth-order valence-corrected chi connectivity index (χ4v) is 9.83. The molecule has 1 unspecified atom stereocenters. The van der Waals surface area contributed by atoms with E-state index in [0.29, 0.717) is 59.0 Å². The van der Waals surface area contributed by atoms with Crippen LogP contribution in [0.25, 0.3) is 21.8 Å². The molecular weight excluding hydrogens is 891 g/mol. The number of aromatic nitrogens is 4. The summed E-state index contributed by atoms with van der Waals surface area (Å²) in [5, 5.41) is 0.312. The maximum absolute atomic E-state index is 14.4. The molecule has 6 N–H and O–H groups in total. The molecule has 3 saturated carbocycles. The number of hydrogen-bond donors (Lipinski definition) is 4. The number of nitrogens with zero attached hydrogens (tertiary/aromatic N) is 2. The Kier molecular flexibility index (Phi) is 16.2. The van der Waals surface area contributed by atoms with Crippen molar-refractivity contribution in [2.24, 2.45) is 23.3 Å². The molecule has 3 aliphatic rings. The van der Waals surface area contributed by atoms with E-state index in [9.17, 15) is 45.5 Å². The largest absolute Gasteiger partial charge is 0.494 e. The van der Waals surface area contributed by atoms with Crippen LogP contribution in [0.2, 0.25) is 0 Å². The van der Waals surface area contributed by atoms with E-state index in [2.05, 4.69) is 24.7 Å². The molecule has 4 aromatic heterocycles. The van der Waals surface area contributed by atoms with Gasteiger partial charge in [-0.2, -0.15) is 4.39 Å². The minimum Gasteiger partial charge on any atom is -0.494 e. The van der Waals surface area contributed by atoms with Gasteiger partial charge in [0.05, 0.1) is 28.9 Å². The van der Waals surface area contributed by atoms with Crippen molar-refractivity contribution in [3.8, 4) is 5.75 Å². The van der Waals surface area contributed by atoms with Crippen LogP contribution in [0.4, 0.5) is 26.3 Å². The molecule has 3 fully saturated rings. The lowest BCUT2D eigenvalue weighted by atomic mass is 9.68. The number of aromatic amines is 2. The first kappa shape index (κ1) is 50.9. The second kappa shape index (κ2) is 21.6. The topological polar surface area (TPSA) is 187 Å². The maximum atomic E-state index is 14.4. The van der Waals surface area contributed by atoms with Crippen LogP contribution >= 0.6 is 0 Å². The van der Waals surface area contributed by atoms with Gasteiger partial charge in [-0.15, -0.1) is 0 Å². The van der Waals surface area contributed by atoms with E-state index in [1.54, 1.807) is 32.0 Å². The smallest absolute Gasteiger partial charge is 0.268 e. The van der Waals surface area contributed by atoms with Gasteiger partial charge in [-0.1, -0.05) is 32.9 Å². The number of pyridine rings is 4. The molecule has 3 aliphatic carbocycles. The van der Waals surface area contributed by atoms with Gasteiger partial charge in [-0.3, -0.25) is 29.1 Å². The van der Waals surface area contributed by atoms with Gasteiger partial charge in [0, 0.05) is 60.1 Å². The molecule has 362 valence electrons. The third-order valence-electron chi connectivity index (χ3n) is 13.2. The molecule has 2 amide bonds. The Balaban J connectivity index is 0.000000185. The summed E-state index contributed by atoms with van der Waals surface area (Å²) in [6.45, 7) is 7.41. The second-order valence-electron chi connectivity index (χ2n) is 17.3. The van der Waals surface area contributed by atoms with E-state index < -0.39 is 46.9 Å². The fourth-order valence-electron chi connectivity index (χ4n) is 9.83. The number of primary amides is 2. The number of carbonyl (C=O) groups excluding carboxylic acids is 2. The van der Waals surface area contributed by atoms with Gasteiger partial charge in [0.25, 0.3) is 11.8 Å². The van der Waals surface area contributed by atoms with Gasteiger partial charge in [0.2, 0.25) is 11.7 Å². The van der Waals surface area contributed by atoms with Gasteiger partial charge in [-0.05, 0) is 118 Å². The van der Waals surface area contributed by atoms with Crippen molar-refractivity contribution in [1.29, 1.82) is 0 Å². The van der Waals surface area contributed by atoms with Crippen LogP contribution in [0.1, 0.15) is 145 Å². The summed E-state index contributed by atoms with van der Waals surface area (Å²) in [5.74, 6) is -7.02. The predicted octanol–water partition coefficient (Wildman–Crippen LogP) is 10.6. The standard InChI is InChI=1S/C25H25F2N3O2.C17H19F2N3O2.C7H6F2O.C2H6/c1-12-15(6-7-18(26)23(12)27)16-5-4-14(13-2-3-13)10-17(16)20-11-21(31)22-19(30-20)8-9-29-24(22)25(28)32;1-2-10-13(9-4-3-6-17(18,19)8-9)22-11-5-7-21-14(16(20)24)12(11)15(10)23;1-10-6-4-2-3-5(8)7(6)9;1-2/h6-9,11,13-14,16-17H,2-5,10H2,1H3,(H2,28,32)(H,30,31);5,7,9H,2-4,6,8H2,1H3,(H2,20,24)(H,22,23);2-4H,1H3;1-2H3/t14?,16-,17+;9-;;/m00../s1. The van der Waals surface area contributed by atoms with Crippen LogP contribution < -0.4 is 27.1 Å². The molecule has 68 heavy (non-hydrogen) atoms. The number of methoxy groups -OCH3 is 1. The Morgan fingerprint density at radius 3 is 2.00 bits per heavy atom. The van der Waals surface area contributed by atoms with E-state index >= 15 is 0 Å². The molecule has 0 spiro atoms. The fraction of sp³-hybridized carbons (Fsp3) is 0.412. The van der Waals surface area contributed by atoms with Crippen LogP contribution in [0.3, 0.4) is 0 Å². The number of benzene rings is 2. The number of H-pyrrole nitrogens is 2. The molecule has 9 rings (SSSR count). The lowest BCUT2D eigenvalue weighted by molar-refractivity contribution is -0.0413. The highest BCUT2D eigenvalue weighted by atomic mass is 19.3. The third-order valence-corrected chi connectivity index (χ3v) is 13.2. The SMILES string of the molecule is CC.CCc1c([C@H]2CCCC(F)(F)C2)[nH]c2ccnc(C(N)=O)c2c1=O.COc1cccc(F)c1F.Cc1c([C@@H]2CCC(C3CC3)C[C@H]2c2cc(=O)c3c(C(N)=O)nccc3[nH]2)ccc(F)c1F. The minimum absolute atomic E-state index is 0.0364. The van der Waals surface area contributed by atoms with Crippen molar-refractivity contribution < 1.29 is 40.7 Å². The molecule has 0 aliphatic heterocycles. The zero-order valence-corrected chi connectivity index (χ0v) is 38.6. The highest BCUT2D eigenvalue weighted by Crippen LogP contribution is 2.53. The Morgan fingerprint density at radius 1 is 0.794 bits per heavy atom. The number of halogens is 6. The van der Waals surface area contributed by atoms with Crippen molar-refractivity contribution in [3.63, 3.8) is 0 Å². The minimum atomic E-state index is -2.71. The van der Waals surface area contributed by atoms with Gasteiger partial charge in [0.15, 0.2) is 34.1 Å². The lowest BCUT2D eigenvalue weighted by Gasteiger charge is -2.37. The summed E-state index contributed by atoms with van der Waals surface area (Å²) >= 11 is 0. The van der Waals surface area contributed by atoms with E-state index in [4.69, 9.17) is 11.5 Å². The number of amides is 2. The van der Waals surface area contributed by atoms with Crippen LogP contribution in [-0.2, 0) is 6.42 Å². The highest BCUT2D eigenvalue weighted by Gasteiger charge is 2.41. The predicted molar refractivity (Wildman–Crippen MR) is 248 cm³/mol. The summed E-state index contributed by atoms with van der Waals surface area (Å²) in [5.41, 5.74) is 13.7. The van der Waals surface area contributed by atoms with Crippen LogP contribution in [0, 0.1) is 42.0 Å². The van der Waals surface area contributed by atoms with Crippen molar-refractivity contribution in [2.75, 3.05) is 7.11 Å². The lowest BCUT2D eigenvalue weighted by Crippen LogP contribution is -2.28. The van der Waals surface area contributed by atoms with Crippen LogP contribution in [-0.4, -0.2) is 44.8 Å². The number of nitrogens with two attached hydrogens (primary N) is 2. The van der Waals surface area contributed by atoms with E-state index in [1.165, 1.54) is 56.6 Å². The summed E-state index contributed by atoms with van der Waals surface area (Å²) in [6, 6.07) is 11.4. The number of alkyl halides is 2. The molecule has 4 heterocycles. The summed E-state index contributed by atoms with van der Waals surface area (Å²) in [6.07, 6.45) is 9.09. The molecule has 11 nitrogen and oxygen atoms in total. The van der Waals surface area contributed by atoms with Crippen LogP contribution in [0.15, 0.2) is 70.5 Å². The molecule has 0 radical (unpaired) electrons. The highest BCUT2D eigenvalue weighted by molar-refractivity contribution is 6.04. The average molecular weight is 947 g/mol. The van der Waals surface area contributed by atoms with Crippen molar-refractivity contribution in [3.05, 3.63) is 144 Å². The second-order valence-corrected chi connectivity index (χ2v) is 17.3. The number of nitrogens with one attached hydrogen (secondary N) is 2. The van der Waals surface area contributed by atoms with Crippen molar-refractivity contribution in [1.82, 2.24) is 19.9 Å². The average Bonchev–Trinajstić information content (AvgIpc) is 4.18. The van der Waals surface area contributed by atoms with Gasteiger partial charge >= 0.3 is 0 Å². The zero-order valence-electron chi connectivity index (χ0n) is 38.6. The Bertz CT molecular complexity index is 2940. The van der Waals surface area contributed by atoms with E-state index in [0.717, 1.165) is 36.6 Å². The first-order chi connectivity index (χ1) is 32.4. The Morgan fingerprint density at radius 2 is 1.41 bits per heavy atom. The molecule has 17 heteroatoms. The van der Waals surface area contributed by atoms with Crippen LogP contribution in [0.5, 0.6) is 5.75 Å². The number of hydrogen-bond acceptors (Lipinski definition) is 7. The molecular formula is C51H56F6N6O5. The molecule has 0 saturated heterocycles. The number of rotatable bonds is 8. The Labute approximate surface area is 389 Å². The Hall–Kier alpha value is -6.52. The van der Waals surface area contributed by atoms with Gasteiger partial charge in [-0.25, -0.2) is 22.0 Å². The maximum Gasteiger partial charge on any atom is 0.268 e. The number of carbonyl (C=O) groups is 2. The van der Waals surface area contributed by atoms with Gasteiger partial charge in [0.1, 0.15) is 11.4 Å². The third kappa shape index (κ3) is 10.9. The number of fused-ring (bicyclic) bond motifs is 2. The zero-order chi connectivity index (χ0) is 49.6. The quantitative estimate of drug-likeness (QED) is 0.109. The normalized spacial score (nSPS) is 19.6. The molecule has 2 aromatic carbocycles. The summed E-state index contributed by atoms with van der Waals surface area (Å²) < 4.78 is 85.1. The summed E-state index contributed by atoms with van der Waals surface area (Å²) in [7, 11) is 1.29. The van der Waals surface area contributed by atoms with E-state index in [-0.39, 0.29) is 63.4 Å². The summed E-state index contributed by atoms with van der Waals surface area (Å²) in [4.78, 5) is 63.5. The molecule has 4 atom stereocenters. The molecule has 6 aromatic rings. The van der Waals surface area contributed by atoms with E-state index in [1.807, 2.05) is 13.8 Å². The monoisotopic (exact) mass is 946 g/mol. The first-order valence-corrected chi connectivity index (χ1v) is 22.9.